The van der Waals surface area contributed by atoms with Crippen LogP contribution in [0.1, 0.15) is 12.8 Å². The van der Waals surface area contributed by atoms with Gasteiger partial charge >= 0.3 is 0 Å². The third-order valence-electron chi connectivity index (χ3n) is 3.16. The van der Waals surface area contributed by atoms with Crippen molar-refractivity contribution in [2.45, 2.75) is 25.0 Å². The summed E-state index contributed by atoms with van der Waals surface area (Å²) in [5.74, 6) is -3.34. The van der Waals surface area contributed by atoms with Gasteiger partial charge in [-0.3, -0.25) is 0 Å². The molecule has 1 aliphatic rings. The second-order valence-electron chi connectivity index (χ2n) is 4.96. The third kappa shape index (κ3) is 4.87. The van der Waals surface area contributed by atoms with Gasteiger partial charge in [0.2, 0.25) is 0 Å². The summed E-state index contributed by atoms with van der Waals surface area (Å²) >= 11 is 0. The van der Waals surface area contributed by atoms with Crippen LogP contribution < -0.4 is 5.32 Å². The van der Waals surface area contributed by atoms with Gasteiger partial charge in [-0.1, -0.05) is 0 Å². The fourth-order valence-corrected chi connectivity index (χ4v) is 2.08. The van der Waals surface area contributed by atoms with E-state index < -0.39 is 23.6 Å². The van der Waals surface area contributed by atoms with Crippen LogP contribution in [0, 0.1) is 17.5 Å². The topological polar surface area (TPSA) is 50.7 Å². The van der Waals surface area contributed by atoms with E-state index in [0.29, 0.717) is 12.7 Å². The first kappa shape index (κ1) is 16.1. The minimum Gasteiger partial charge on any atom is -0.389 e. The molecule has 118 valence electrons. The van der Waals surface area contributed by atoms with E-state index in [-0.39, 0.29) is 24.9 Å². The molecular weight excluding hydrogens is 287 g/mol. The SMILES string of the molecule is OC(CNc1cc(F)cc(F)c1F)COCC1CCCO1. The van der Waals surface area contributed by atoms with Crippen LogP contribution in [0.4, 0.5) is 18.9 Å². The maximum atomic E-state index is 13.4. The lowest BCUT2D eigenvalue weighted by Gasteiger charge is -2.15. The summed E-state index contributed by atoms with van der Waals surface area (Å²) in [5.41, 5.74) is -0.328. The first-order valence-electron chi connectivity index (χ1n) is 6.82. The number of halogens is 3. The zero-order valence-electron chi connectivity index (χ0n) is 11.4. The summed E-state index contributed by atoms with van der Waals surface area (Å²) in [4.78, 5) is 0. The number of anilines is 1. The molecule has 2 rings (SSSR count). The first-order chi connectivity index (χ1) is 10.1. The molecule has 0 spiro atoms. The number of rotatable bonds is 7. The Balaban J connectivity index is 1.72. The normalized spacial score (nSPS) is 19.7. The molecule has 0 saturated carbocycles. The Morgan fingerprint density at radius 3 is 2.90 bits per heavy atom. The molecule has 1 fully saturated rings. The summed E-state index contributed by atoms with van der Waals surface area (Å²) < 4.78 is 49.9. The number of aliphatic hydroxyl groups is 1. The molecule has 2 unspecified atom stereocenters. The van der Waals surface area contributed by atoms with E-state index in [9.17, 15) is 18.3 Å². The number of hydrogen-bond acceptors (Lipinski definition) is 4. The molecule has 2 atom stereocenters. The highest BCUT2D eigenvalue weighted by molar-refractivity contribution is 5.45. The van der Waals surface area contributed by atoms with Crippen LogP contribution >= 0.6 is 0 Å². The van der Waals surface area contributed by atoms with Crippen molar-refractivity contribution < 1.29 is 27.8 Å². The molecule has 0 bridgehead atoms. The molecule has 1 aliphatic heterocycles. The first-order valence-corrected chi connectivity index (χ1v) is 6.82. The van der Waals surface area contributed by atoms with Gasteiger partial charge in [-0.2, -0.15) is 0 Å². The number of benzene rings is 1. The average Bonchev–Trinajstić information content (AvgIpc) is 2.94. The maximum Gasteiger partial charge on any atom is 0.182 e. The molecule has 4 nitrogen and oxygen atoms in total. The van der Waals surface area contributed by atoms with Gasteiger partial charge in [0, 0.05) is 25.3 Å². The molecule has 7 heteroatoms. The second-order valence-corrected chi connectivity index (χ2v) is 4.96. The van der Waals surface area contributed by atoms with E-state index in [1.165, 1.54) is 0 Å². The molecule has 2 N–H and O–H groups in total. The predicted molar refractivity (Wildman–Crippen MR) is 70.6 cm³/mol. The highest BCUT2D eigenvalue weighted by Crippen LogP contribution is 2.19. The monoisotopic (exact) mass is 305 g/mol. The summed E-state index contributed by atoms with van der Waals surface area (Å²) in [6.45, 7) is 1.07. The van der Waals surface area contributed by atoms with Crippen molar-refractivity contribution in [3.05, 3.63) is 29.6 Å². The quantitative estimate of drug-likeness (QED) is 0.757. The van der Waals surface area contributed by atoms with Gasteiger partial charge in [0.05, 0.1) is 31.1 Å². The van der Waals surface area contributed by atoms with Crippen molar-refractivity contribution >= 4 is 5.69 Å². The van der Waals surface area contributed by atoms with E-state index in [0.717, 1.165) is 25.5 Å². The highest BCUT2D eigenvalue weighted by atomic mass is 19.2. The van der Waals surface area contributed by atoms with Crippen molar-refractivity contribution in [2.24, 2.45) is 0 Å². The van der Waals surface area contributed by atoms with E-state index >= 15 is 0 Å². The van der Waals surface area contributed by atoms with Crippen molar-refractivity contribution in [2.75, 3.05) is 31.7 Å². The van der Waals surface area contributed by atoms with Gasteiger partial charge in [-0.15, -0.1) is 0 Å². The van der Waals surface area contributed by atoms with Crippen molar-refractivity contribution in [1.82, 2.24) is 0 Å². The maximum absolute atomic E-state index is 13.4. The molecule has 1 aromatic rings. The lowest BCUT2D eigenvalue weighted by Crippen LogP contribution is -2.27. The molecule has 1 aromatic carbocycles. The van der Waals surface area contributed by atoms with E-state index in [2.05, 4.69) is 5.32 Å². The summed E-state index contributed by atoms with van der Waals surface area (Å²) in [7, 11) is 0. The highest BCUT2D eigenvalue weighted by Gasteiger charge is 2.16. The van der Waals surface area contributed by atoms with Gasteiger partial charge < -0.3 is 19.9 Å². The molecule has 0 radical (unpaired) electrons. The lowest BCUT2D eigenvalue weighted by molar-refractivity contribution is -0.0137. The summed E-state index contributed by atoms with van der Waals surface area (Å²) in [5, 5.41) is 12.1. The fraction of sp³-hybridized carbons (Fsp3) is 0.571. The summed E-state index contributed by atoms with van der Waals surface area (Å²) in [6, 6.07) is 1.29. The van der Waals surface area contributed by atoms with Crippen LogP contribution in [0.2, 0.25) is 0 Å². The zero-order valence-corrected chi connectivity index (χ0v) is 11.4. The fourth-order valence-electron chi connectivity index (χ4n) is 2.08. The van der Waals surface area contributed by atoms with Crippen LogP contribution in [0.5, 0.6) is 0 Å². The predicted octanol–water partition coefficient (Wildman–Crippen LogP) is 2.07. The van der Waals surface area contributed by atoms with Gasteiger partial charge in [0.15, 0.2) is 11.6 Å². The molecule has 1 heterocycles. The molecule has 0 amide bonds. The molecule has 21 heavy (non-hydrogen) atoms. The molecule has 0 aliphatic carbocycles. The lowest BCUT2D eigenvalue weighted by atomic mass is 10.2. The van der Waals surface area contributed by atoms with Gasteiger partial charge in [-0.05, 0) is 12.8 Å². The van der Waals surface area contributed by atoms with Crippen molar-refractivity contribution in [3.63, 3.8) is 0 Å². The van der Waals surface area contributed by atoms with E-state index in [1.807, 2.05) is 0 Å². The molecular formula is C14H18F3NO3. The van der Waals surface area contributed by atoms with Crippen LogP contribution in [-0.2, 0) is 9.47 Å². The van der Waals surface area contributed by atoms with Crippen LogP contribution in [0.25, 0.3) is 0 Å². The Morgan fingerprint density at radius 1 is 1.38 bits per heavy atom. The van der Waals surface area contributed by atoms with Crippen molar-refractivity contribution in [3.8, 4) is 0 Å². The number of aliphatic hydroxyl groups excluding tert-OH is 1. The Morgan fingerprint density at radius 2 is 2.19 bits per heavy atom. The van der Waals surface area contributed by atoms with Gasteiger partial charge in [-0.25, -0.2) is 13.2 Å². The smallest absolute Gasteiger partial charge is 0.182 e. The van der Waals surface area contributed by atoms with Crippen LogP contribution in [-0.4, -0.2) is 43.7 Å². The Labute approximate surface area is 120 Å². The van der Waals surface area contributed by atoms with Crippen LogP contribution in [0.3, 0.4) is 0 Å². The molecule has 0 aromatic heterocycles. The number of nitrogens with one attached hydrogen (secondary N) is 1. The largest absolute Gasteiger partial charge is 0.389 e. The van der Waals surface area contributed by atoms with Gasteiger partial charge in [0.25, 0.3) is 0 Å². The van der Waals surface area contributed by atoms with Crippen molar-refractivity contribution in [1.29, 1.82) is 0 Å². The minimum atomic E-state index is -1.28. The third-order valence-corrected chi connectivity index (χ3v) is 3.16. The minimum absolute atomic E-state index is 0.0340. The number of ether oxygens (including phenoxy) is 2. The molecule has 1 saturated heterocycles. The van der Waals surface area contributed by atoms with Gasteiger partial charge in [0.1, 0.15) is 5.82 Å². The van der Waals surface area contributed by atoms with E-state index in [4.69, 9.17) is 9.47 Å². The Kier molecular flexibility index (Phi) is 5.84. The van der Waals surface area contributed by atoms with E-state index in [1.54, 1.807) is 0 Å². The van der Waals surface area contributed by atoms with Crippen LogP contribution in [0.15, 0.2) is 12.1 Å². The number of hydrogen-bond donors (Lipinski definition) is 2. The Bertz CT molecular complexity index is 467. The standard InChI is InChI=1S/C14H18F3NO3/c15-9-4-12(16)14(17)13(5-9)18-6-10(19)7-20-8-11-2-1-3-21-11/h4-5,10-11,18-19H,1-3,6-8H2. The second kappa shape index (κ2) is 7.63. The Hall–Kier alpha value is -1.31. The summed E-state index contributed by atoms with van der Waals surface area (Å²) in [6.07, 6.45) is 1.07. The average molecular weight is 305 g/mol. The zero-order chi connectivity index (χ0) is 15.2.